The number of ether oxygens (including phenoxy) is 1. The standard InChI is InChI=1S/C23H32O2/c1-5-23(11-15-6-7-17(23)9-15)25-21(24)22(4)12-16-10-18(22)20-14(3)8-13(2)19(16)20/h2-3,13-20H,5-12H2,1,4H3. The molecule has 5 saturated carbocycles. The molecule has 0 aromatic heterocycles. The van der Waals surface area contributed by atoms with Crippen LogP contribution in [-0.4, -0.2) is 11.6 Å². The van der Waals surface area contributed by atoms with Gasteiger partial charge in [0.25, 0.3) is 0 Å². The molecule has 5 aliphatic carbocycles. The van der Waals surface area contributed by atoms with Crippen LogP contribution in [-0.2, 0) is 9.53 Å². The fraction of sp³-hybridized carbons (Fsp3) is 0.870. The molecule has 2 nitrogen and oxygen atoms in total. The van der Waals surface area contributed by atoms with Crippen molar-refractivity contribution in [2.24, 2.45) is 52.8 Å². The van der Waals surface area contributed by atoms with Gasteiger partial charge in [0.1, 0.15) is 5.60 Å². The predicted molar refractivity (Wildman–Crippen MR) is 96.1 cm³/mol. The summed E-state index contributed by atoms with van der Waals surface area (Å²) >= 11 is 0. The fourth-order valence-corrected chi connectivity index (χ4v) is 8.23. The summed E-state index contributed by atoms with van der Waals surface area (Å²) in [4.78, 5) is 13.4. The lowest BCUT2D eigenvalue weighted by Gasteiger charge is -2.44. The van der Waals surface area contributed by atoms with E-state index in [1.54, 1.807) is 0 Å². The van der Waals surface area contributed by atoms with E-state index in [0.29, 0.717) is 29.6 Å². The molecule has 0 aliphatic heterocycles. The molecule has 0 heterocycles. The second-order valence-corrected chi connectivity index (χ2v) is 10.3. The first kappa shape index (κ1) is 16.6. The minimum atomic E-state index is -0.336. The number of carbonyl (C=O) groups is 1. The van der Waals surface area contributed by atoms with E-state index in [-0.39, 0.29) is 28.8 Å². The van der Waals surface area contributed by atoms with Crippen LogP contribution < -0.4 is 0 Å². The van der Waals surface area contributed by atoms with Crippen LogP contribution in [0.2, 0.25) is 0 Å². The van der Waals surface area contributed by atoms with Gasteiger partial charge >= 0.3 is 5.97 Å². The molecule has 136 valence electrons. The number of esters is 1. The Balaban J connectivity index is 1.38. The summed E-state index contributed by atoms with van der Waals surface area (Å²) in [5.41, 5.74) is -0.504. The van der Waals surface area contributed by atoms with E-state index in [1.807, 2.05) is 0 Å². The maximum absolute atomic E-state index is 13.4. The molecule has 0 amide bonds. The molecule has 10 unspecified atom stereocenters. The fourth-order valence-electron chi connectivity index (χ4n) is 8.23. The van der Waals surface area contributed by atoms with Crippen molar-refractivity contribution < 1.29 is 9.53 Å². The highest BCUT2D eigenvalue weighted by Crippen LogP contribution is 2.68. The lowest BCUT2D eigenvalue weighted by Crippen LogP contribution is -2.48. The second-order valence-electron chi connectivity index (χ2n) is 10.3. The molecular weight excluding hydrogens is 308 g/mol. The van der Waals surface area contributed by atoms with Gasteiger partial charge in [-0.2, -0.15) is 0 Å². The molecule has 5 fully saturated rings. The van der Waals surface area contributed by atoms with Crippen molar-refractivity contribution in [3.63, 3.8) is 0 Å². The van der Waals surface area contributed by atoms with Crippen LogP contribution in [0.1, 0.15) is 65.2 Å². The van der Waals surface area contributed by atoms with Crippen LogP contribution >= 0.6 is 0 Å². The molecule has 25 heavy (non-hydrogen) atoms. The summed E-state index contributed by atoms with van der Waals surface area (Å²) in [7, 11) is 0. The quantitative estimate of drug-likeness (QED) is 0.688. The molecule has 0 saturated heterocycles. The first-order valence-electron chi connectivity index (χ1n) is 10.6. The Labute approximate surface area is 153 Å². The zero-order valence-corrected chi connectivity index (χ0v) is 15.7. The van der Waals surface area contributed by atoms with E-state index in [9.17, 15) is 4.79 Å². The zero-order valence-electron chi connectivity index (χ0n) is 15.7. The van der Waals surface area contributed by atoms with Crippen LogP contribution in [0.3, 0.4) is 0 Å². The van der Waals surface area contributed by atoms with E-state index in [4.69, 9.17) is 18.6 Å². The molecular formula is C23H32O2. The molecule has 2 heteroatoms. The van der Waals surface area contributed by atoms with Gasteiger partial charge in [-0.1, -0.05) is 6.92 Å². The third-order valence-corrected chi connectivity index (χ3v) is 9.33. The van der Waals surface area contributed by atoms with Crippen molar-refractivity contribution >= 4 is 5.97 Å². The second kappa shape index (κ2) is 5.26. The smallest absolute Gasteiger partial charge is 0.312 e. The molecule has 5 aliphatic rings. The Hall–Kier alpha value is -0.530. The van der Waals surface area contributed by atoms with Gasteiger partial charge in [0.2, 0.25) is 0 Å². The van der Waals surface area contributed by atoms with Crippen LogP contribution in [0.4, 0.5) is 0 Å². The monoisotopic (exact) mass is 340 g/mol. The highest BCUT2D eigenvalue weighted by Gasteiger charge is 2.66. The van der Waals surface area contributed by atoms with Gasteiger partial charge in [0, 0.05) is 0 Å². The number of rotatable bonds is 3. The summed E-state index contributed by atoms with van der Waals surface area (Å²) < 4.78 is 6.42. The van der Waals surface area contributed by atoms with Crippen LogP contribution in [0.5, 0.6) is 0 Å². The van der Waals surface area contributed by atoms with E-state index in [1.165, 1.54) is 19.3 Å². The molecule has 0 spiro atoms. The highest BCUT2D eigenvalue weighted by molar-refractivity contribution is 5.78. The maximum atomic E-state index is 13.4. The normalized spacial score (nSPS) is 58.7. The van der Waals surface area contributed by atoms with Gasteiger partial charge in [-0.3, -0.25) is 4.79 Å². The molecule has 0 aromatic rings. The number of fused-ring (bicyclic) bond motifs is 7. The van der Waals surface area contributed by atoms with E-state index < -0.39 is 0 Å². The third kappa shape index (κ3) is 2.06. The Morgan fingerprint density at radius 1 is 1.08 bits per heavy atom. The van der Waals surface area contributed by atoms with Crippen molar-refractivity contribution in [1.29, 1.82) is 0 Å². The lowest BCUT2D eigenvalue weighted by molar-refractivity contribution is -0.183. The lowest BCUT2D eigenvalue weighted by atomic mass is 9.64. The average Bonchev–Trinajstić information content (AvgIpc) is 3.34. The van der Waals surface area contributed by atoms with Crippen LogP contribution in [0.25, 0.3) is 0 Å². The summed E-state index contributed by atoms with van der Waals surface area (Å²) in [5.74, 6) is 3.82. The molecule has 4 bridgehead atoms. The van der Waals surface area contributed by atoms with E-state index >= 15 is 0 Å². The van der Waals surface area contributed by atoms with Gasteiger partial charge in [0.15, 0.2) is 0 Å². The Kier molecular flexibility index (Phi) is 3.50. The van der Waals surface area contributed by atoms with Crippen molar-refractivity contribution in [1.82, 2.24) is 0 Å². The van der Waals surface area contributed by atoms with Crippen molar-refractivity contribution in [3.05, 3.63) is 13.8 Å². The van der Waals surface area contributed by atoms with Crippen LogP contribution in [0.15, 0.2) is 0 Å². The molecule has 4 radical (unpaired) electrons. The first-order chi connectivity index (χ1) is 11.9. The van der Waals surface area contributed by atoms with E-state index in [0.717, 1.165) is 38.0 Å². The van der Waals surface area contributed by atoms with Crippen molar-refractivity contribution in [3.8, 4) is 0 Å². The van der Waals surface area contributed by atoms with Gasteiger partial charge in [-0.05, 0) is 119 Å². The van der Waals surface area contributed by atoms with Gasteiger partial charge in [-0.25, -0.2) is 0 Å². The average molecular weight is 341 g/mol. The topological polar surface area (TPSA) is 26.3 Å². The Bertz CT molecular complexity index is 585. The summed E-state index contributed by atoms with van der Waals surface area (Å²) in [6.07, 6.45) is 8.95. The maximum Gasteiger partial charge on any atom is 0.312 e. The SMILES string of the molecule is [CH]C1CC([CH])C2C1C1CC2C(C)(C(=O)OC2(CC)CC3CCC2C3)C1. The minimum Gasteiger partial charge on any atom is -0.458 e. The number of hydrogen-bond donors (Lipinski definition) is 0. The molecule has 0 aromatic carbocycles. The molecule has 0 N–H and O–H groups in total. The summed E-state index contributed by atoms with van der Waals surface area (Å²) in [6.45, 7) is 17.2. The Morgan fingerprint density at radius 2 is 1.84 bits per heavy atom. The van der Waals surface area contributed by atoms with Gasteiger partial charge < -0.3 is 4.74 Å². The van der Waals surface area contributed by atoms with E-state index in [2.05, 4.69) is 13.8 Å². The number of hydrogen-bond acceptors (Lipinski definition) is 2. The van der Waals surface area contributed by atoms with Crippen molar-refractivity contribution in [2.75, 3.05) is 0 Å². The summed E-state index contributed by atoms with van der Waals surface area (Å²) in [6, 6.07) is 0. The highest BCUT2D eigenvalue weighted by atomic mass is 16.6. The largest absolute Gasteiger partial charge is 0.458 e. The summed E-state index contributed by atoms with van der Waals surface area (Å²) in [5, 5.41) is 0. The molecule has 5 rings (SSSR count). The molecule has 10 atom stereocenters. The minimum absolute atomic E-state index is 0.0838. The van der Waals surface area contributed by atoms with Gasteiger partial charge in [-0.15, -0.1) is 0 Å². The Morgan fingerprint density at radius 3 is 2.48 bits per heavy atom. The predicted octanol–water partition coefficient (Wildman–Crippen LogP) is 4.84. The number of carbonyl (C=O) groups excluding carboxylic acids is 1. The van der Waals surface area contributed by atoms with Crippen LogP contribution in [0, 0.1) is 66.6 Å². The first-order valence-corrected chi connectivity index (χ1v) is 10.6. The van der Waals surface area contributed by atoms with Gasteiger partial charge in [0.05, 0.1) is 5.41 Å². The third-order valence-electron chi connectivity index (χ3n) is 9.33. The van der Waals surface area contributed by atoms with Crippen molar-refractivity contribution in [2.45, 2.75) is 70.8 Å². The zero-order chi connectivity index (χ0) is 17.6.